The molecule has 2 aliphatic heterocycles. The normalized spacial score (nSPS) is 20.7. The van der Waals surface area contributed by atoms with Gasteiger partial charge in [-0.2, -0.15) is 0 Å². The molecule has 41 heavy (non-hydrogen) atoms. The number of piperazine rings is 1. The maximum Gasteiger partial charge on any atom is 0.407 e. The molecule has 5 rings (SSSR count). The molecule has 2 aromatic rings. The smallest absolute Gasteiger partial charge is 0.407 e. The van der Waals surface area contributed by atoms with Crippen LogP contribution in [0.5, 0.6) is 11.5 Å². The molecule has 1 fully saturated rings. The maximum absolute atomic E-state index is 14.1. The first-order valence-electron chi connectivity index (χ1n) is 13.9. The second kappa shape index (κ2) is 11.5. The van der Waals surface area contributed by atoms with Gasteiger partial charge in [-0.1, -0.05) is 12.1 Å². The second-order valence-corrected chi connectivity index (χ2v) is 11.6. The van der Waals surface area contributed by atoms with Gasteiger partial charge in [-0.25, -0.2) is 13.6 Å². The third-order valence-corrected chi connectivity index (χ3v) is 7.62. The molecule has 3 unspecified atom stereocenters. The molecule has 11 heteroatoms. The lowest BCUT2D eigenvalue weighted by molar-refractivity contribution is -0.146. The summed E-state index contributed by atoms with van der Waals surface area (Å²) in [5.74, 6) is -1.56. The highest BCUT2D eigenvalue weighted by atomic mass is 19.2. The SMILES string of the molecule is CC(C)(C)OC(=O)NC(CC(=O)N1CCN(C(=O)C2COc3ccccc3O2)CC1)C1CCc2cc(F)c(F)cc21. The molecule has 1 saturated heterocycles. The van der Waals surface area contributed by atoms with Crippen LogP contribution in [0.15, 0.2) is 36.4 Å². The van der Waals surface area contributed by atoms with Gasteiger partial charge in [-0.15, -0.1) is 0 Å². The Balaban J connectivity index is 1.22. The van der Waals surface area contributed by atoms with Gasteiger partial charge in [0.15, 0.2) is 23.1 Å². The summed E-state index contributed by atoms with van der Waals surface area (Å²) in [5, 5.41) is 2.82. The van der Waals surface area contributed by atoms with Gasteiger partial charge >= 0.3 is 6.09 Å². The van der Waals surface area contributed by atoms with Crippen LogP contribution in [0, 0.1) is 11.6 Å². The molecule has 0 radical (unpaired) electrons. The third kappa shape index (κ3) is 6.55. The van der Waals surface area contributed by atoms with E-state index in [2.05, 4.69) is 5.32 Å². The quantitative estimate of drug-likeness (QED) is 0.587. The van der Waals surface area contributed by atoms with Crippen molar-refractivity contribution in [2.24, 2.45) is 0 Å². The highest BCUT2D eigenvalue weighted by Gasteiger charge is 2.37. The van der Waals surface area contributed by atoms with E-state index < -0.39 is 35.5 Å². The lowest BCUT2D eigenvalue weighted by Crippen LogP contribution is -2.55. The van der Waals surface area contributed by atoms with Crippen molar-refractivity contribution in [2.45, 2.75) is 63.7 Å². The first-order chi connectivity index (χ1) is 19.5. The van der Waals surface area contributed by atoms with Crippen LogP contribution < -0.4 is 14.8 Å². The number of alkyl carbamates (subject to hydrolysis) is 1. The van der Waals surface area contributed by atoms with E-state index in [1.54, 1.807) is 42.7 Å². The summed E-state index contributed by atoms with van der Waals surface area (Å²) >= 11 is 0. The predicted molar refractivity (Wildman–Crippen MR) is 145 cm³/mol. The van der Waals surface area contributed by atoms with Gasteiger partial charge in [0.05, 0.1) is 0 Å². The number of hydrogen-bond acceptors (Lipinski definition) is 6. The molecule has 0 spiro atoms. The van der Waals surface area contributed by atoms with E-state index >= 15 is 0 Å². The number of nitrogens with one attached hydrogen (secondary N) is 1. The molecule has 0 bridgehead atoms. The molecular formula is C30H35F2N3O6. The van der Waals surface area contributed by atoms with Gasteiger partial charge in [0.25, 0.3) is 5.91 Å². The Hall–Kier alpha value is -3.89. The van der Waals surface area contributed by atoms with Gasteiger partial charge < -0.3 is 29.3 Å². The molecule has 1 N–H and O–H groups in total. The van der Waals surface area contributed by atoms with E-state index in [0.717, 1.165) is 6.07 Å². The number of nitrogens with zero attached hydrogens (tertiary/aromatic N) is 2. The van der Waals surface area contributed by atoms with E-state index in [1.165, 1.54) is 6.07 Å². The summed E-state index contributed by atoms with van der Waals surface area (Å²) < 4.78 is 45.0. The Bertz CT molecular complexity index is 1320. The van der Waals surface area contributed by atoms with Crippen molar-refractivity contribution in [3.05, 3.63) is 59.2 Å². The van der Waals surface area contributed by atoms with Crippen LogP contribution in [0.2, 0.25) is 0 Å². The summed E-state index contributed by atoms with van der Waals surface area (Å²) in [5.41, 5.74) is 0.505. The Morgan fingerprint density at radius 3 is 2.39 bits per heavy atom. The fraction of sp³-hybridized carbons (Fsp3) is 0.500. The van der Waals surface area contributed by atoms with E-state index in [4.69, 9.17) is 14.2 Å². The van der Waals surface area contributed by atoms with Crippen molar-refractivity contribution in [1.29, 1.82) is 0 Å². The number of ether oxygens (including phenoxy) is 3. The van der Waals surface area contributed by atoms with Crippen LogP contribution >= 0.6 is 0 Å². The summed E-state index contributed by atoms with van der Waals surface area (Å²) in [4.78, 5) is 42.5. The summed E-state index contributed by atoms with van der Waals surface area (Å²) in [6.45, 7) is 6.60. The number of aryl methyl sites for hydroxylation is 1. The van der Waals surface area contributed by atoms with Crippen molar-refractivity contribution >= 4 is 17.9 Å². The average Bonchev–Trinajstić information content (AvgIpc) is 3.33. The van der Waals surface area contributed by atoms with Crippen molar-refractivity contribution < 1.29 is 37.4 Å². The number of benzene rings is 2. The van der Waals surface area contributed by atoms with Gasteiger partial charge in [0.2, 0.25) is 12.0 Å². The van der Waals surface area contributed by atoms with Crippen molar-refractivity contribution in [3.63, 3.8) is 0 Å². The number of carbonyl (C=O) groups excluding carboxylic acids is 3. The number of carbonyl (C=O) groups is 3. The number of halogens is 2. The summed E-state index contributed by atoms with van der Waals surface area (Å²) in [6, 6.07) is 8.84. The predicted octanol–water partition coefficient (Wildman–Crippen LogP) is 3.79. The highest BCUT2D eigenvalue weighted by molar-refractivity contribution is 5.83. The van der Waals surface area contributed by atoms with Gasteiger partial charge in [-0.05, 0) is 69.0 Å². The topological polar surface area (TPSA) is 97.4 Å². The van der Waals surface area contributed by atoms with Crippen molar-refractivity contribution in [3.8, 4) is 11.5 Å². The fourth-order valence-electron chi connectivity index (χ4n) is 5.64. The molecule has 3 atom stereocenters. The molecule has 0 aromatic heterocycles. The van der Waals surface area contributed by atoms with Crippen LogP contribution in [-0.4, -0.2) is 78.2 Å². The number of fused-ring (bicyclic) bond motifs is 2. The summed E-state index contributed by atoms with van der Waals surface area (Å²) in [7, 11) is 0. The van der Waals surface area contributed by atoms with E-state index in [1.807, 2.05) is 12.1 Å². The molecular weight excluding hydrogens is 536 g/mol. The monoisotopic (exact) mass is 571 g/mol. The molecule has 220 valence electrons. The average molecular weight is 572 g/mol. The molecule has 3 amide bonds. The lowest BCUT2D eigenvalue weighted by Gasteiger charge is -2.38. The first kappa shape index (κ1) is 28.6. The van der Waals surface area contributed by atoms with Crippen LogP contribution in [0.4, 0.5) is 13.6 Å². The zero-order chi connectivity index (χ0) is 29.3. The minimum Gasteiger partial charge on any atom is -0.485 e. The zero-order valence-corrected chi connectivity index (χ0v) is 23.5. The minimum absolute atomic E-state index is 0.0490. The molecule has 2 aromatic carbocycles. The molecule has 2 heterocycles. The van der Waals surface area contributed by atoms with Gasteiger partial charge in [-0.3, -0.25) is 9.59 Å². The van der Waals surface area contributed by atoms with Crippen LogP contribution in [-0.2, 0) is 20.7 Å². The fourth-order valence-corrected chi connectivity index (χ4v) is 5.64. The third-order valence-electron chi connectivity index (χ3n) is 7.62. The zero-order valence-electron chi connectivity index (χ0n) is 23.5. The number of amides is 3. The number of hydrogen-bond donors (Lipinski definition) is 1. The molecule has 1 aliphatic carbocycles. The molecule has 9 nitrogen and oxygen atoms in total. The molecule has 0 saturated carbocycles. The Morgan fingerprint density at radius 2 is 1.68 bits per heavy atom. The Labute approximate surface area is 237 Å². The van der Waals surface area contributed by atoms with Gasteiger partial charge in [0, 0.05) is 44.6 Å². The van der Waals surface area contributed by atoms with E-state index in [0.29, 0.717) is 61.6 Å². The van der Waals surface area contributed by atoms with Crippen LogP contribution in [0.3, 0.4) is 0 Å². The van der Waals surface area contributed by atoms with Crippen molar-refractivity contribution in [2.75, 3.05) is 32.8 Å². The highest BCUT2D eigenvalue weighted by Crippen LogP contribution is 2.38. The minimum atomic E-state index is -0.963. The van der Waals surface area contributed by atoms with E-state index in [-0.39, 0.29) is 30.8 Å². The second-order valence-electron chi connectivity index (χ2n) is 11.6. The largest absolute Gasteiger partial charge is 0.485 e. The Morgan fingerprint density at radius 1 is 1.02 bits per heavy atom. The Kier molecular flexibility index (Phi) is 8.06. The van der Waals surface area contributed by atoms with Crippen molar-refractivity contribution in [1.82, 2.24) is 15.1 Å². The lowest BCUT2D eigenvalue weighted by atomic mass is 9.90. The maximum atomic E-state index is 14.1. The standard InChI is InChI=1S/C30H35F2N3O6/c1-30(2,3)41-29(38)33-23(19-9-8-18-14-21(31)22(32)15-20(18)19)16-27(36)34-10-12-35(13-11-34)28(37)26-17-39-24-6-4-5-7-25(24)40-26/h4-7,14-15,19,23,26H,8-13,16-17H2,1-3H3,(H,33,38). The summed E-state index contributed by atoms with van der Waals surface area (Å²) in [6.07, 6.45) is -0.455. The number of para-hydroxylation sites is 2. The molecule has 3 aliphatic rings. The van der Waals surface area contributed by atoms with E-state index in [9.17, 15) is 23.2 Å². The van der Waals surface area contributed by atoms with Crippen LogP contribution in [0.1, 0.15) is 50.7 Å². The first-order valence-corrected chi connectivity index (χ1v) is 13.9. The van der Waals surface area contributed by atoms with Gasteiger partial charge in [0.1, 0.15) is 12.2 Å². The number of rotatable bonds is 5. The van der Waals surface area contributed by atoms with Crippen LogP contribution in [0.25, 0.3) is 0 Å².